The van der Waals surface area contributed by atoms with Gasteiger partial charge in [-0.3, -0.25) is 9.59 Å². The van der Waals surface area contributed by atoms with E-state index in [2.05, 4.69) is 39.3 Å². The van der Waals surface area contributed by atoms with Gasteiger partial charge < -0.3 is 20.4 Å². The monoisotopic (exact) mass is 373 g/mol. The normalized spacial score (nSPS) is 21.2. The highest BCUT2D eigenvalue weighted by Gasteiger charge is 2.23. The van der Waals surface area contributed by atoms with Crippen molar-refractivity contribution in [2.24, 2.45) is 11.8 Å². The molecule has 0 spiro atoms. The molecule has 2 amide bonds. The van der Waals surface area contributed by atoms with Crippen LogP contribution in [0.3, 0.4) is 0 Å². The molecule has 148 valence electrons. The highest BCUT2D eigenvalue weighted by molar-refractivity contribution is 5.94. The number of aromatic nitrogens is 1. The van der Waals surface area contributed by atoms with Crippen molar-refractivity contribution < 1.29 is 9.59 Å². The molecule has 0 aliphatic carbocycles. The largest absolute Gasteiger partial charge is 0.354 e. The third kappa shape index (κ3) is 5.66. The second-order valence-corrected chi connectivity index (χ2v) is 8.01. The predicted octanol–water partition coefficient (Wildman–Crippen LogP) is 1.12. The van der Waals surface area contributed by atoms with Crippen LogP contribution in [0.1, 0.15) is 37.0 Å². The van der Waals surface area contributed by atoms with Crippen molar-refractivity contribution in [3.63, 3.8) is 0 Å². The van der Waals surface area contributed by atoms with Crippen molar-refractivity contribution >= 4 is 17.6 Å². The molecule has 3 rings (SSSR count). The molecule has 0 bridgehead atoms. The SMILES string of the molecule is CC(C)CN1CC[C@H](CNC(=O)c2ccc(N3CCNC(=O)CC3)nc2)C1. The smallest absolute Gasteiger partial charge is 0.252 e. The fourth-order valence-corrected chi connectivity index (χ4v) is 3.80. The topological polar surface area (TPSA) is 77.6 Å². The number of carbonyl (C=O) groups is 2. The molecule has 2 fully saturated rings. The van der Waals surface area contributed by atoms with Crippen LogP contribution in [0, 0.1) is 11.8 Å². The maximum Gasteiger partial charge on any atom is 0.252 e. The van der Waals surface area contributed by atoms with E-state index in [1.54, 1.807) is 6.20 Å². The van der Waals surface area contributed by atoms with Crippen molar-refractivity contribution in [1.29, 1.82) is 0 Å². The molecule has 2 N–H and O–H groups in total. The van der Waals surface area contributed by atoms with Gasteiger partial charge in [0.25, 0.3) is 5.91 Å². The maximum atomic E-state index is 12.4. The van der Waals surface area contributed by atoms with Gasteiger partial charge in [0.05, 0.1) is 5.56 Å². The van der Waals surface area contributed by atoms with Crippen molar-refractivity contribution in [1.82, 2.24) is 20.5 Å². The number of hydrogen-bond donors (Lipinski definition) is 2. The number of pyridine rings is 1. The minimum Gasteiger partial charge on any atom is -0.354 e. The molecule has 27 heavy (non-hydrogen) atoms. The average Bonchev–Trinajstić information content (AvgIpc) is 2.97. The van der Waals surface area contributed by atoms with Gasteiger partial charge in [-0.2, -0.15) is 0 Å². The summed E-state index contributed by atoms with van der Waals surface area (Å²) in [5.41, 5.74) is 0.583. The van der Waals surface area contributed by atoms with Gasteiger partial charge in [0, 0.05) is 51.9 Å². The first kappa shape index (κ1) is 19.6. The van der Waals surface area contributed by atoms with E-state index in [-0.39, 0.29) is 11.8 Å². The molecular weight excluding hydrogens is 342 g/mol. The lowest BCUT2D eigenvalue weighted by Crippen LogP contribution is -2.32. The molecule has 0 aromatic carbocycles. The molecule has 2 aliphatic heterocycles. The van der Waals surface area contributed by atoms with Crippen LogP contribution in [0.2, 0.25) is 0 Å². The fourth-order valence-electron chi connectivity index (χ4n) is 3.80. The van der Waals surface area contributed by atoms with Crippen LogP contribution in [0.15, 0.2) is 18.3 Å². The molecule has 0 saturated carbocycles. The van der Waals surface area contributed by atoms with Crippen LogP contribution in [0.5, 0.6) is 0 Å². The number of nitrogens with zero attached hydrogens (tertiary/aromatic N) is 3. The van der Waals surface area contributed by atoms with E-state index in [0.29, 0.717) is 36.9 Å². The Kier molecular flexibility index (Phi) is 6.66. The summed E-state index contributed by atoms with van der Waals surface area (Å²) in [5, 5.41) is 5.91. The third-order valence-corrected chi connectivity index (χ3v) is 5.19. The number of hydrogen-bond acceptors (Lipinski definition) is 5. The number of likely N-dealkylation sites (tertiary alicyclic amines) is 1. The number of carbonyl (C=O) groups excluding carboxylic acids is 2. The van der Waals surface area contributed by atoms with Gasteiger partial charge in [0.15, 0.2) is 0 Å². The quantitative estimate of drug-likeness (QED) is 0.781. The molecule has 1 aromatic heterocycles. The van der Waals surface area contributed by atoms with Crippen molar-refractivity contribution in [3.05, 3.63) is 23.9 Å². The zero-order valence-electron chi connectivity index (χ0n) is 16.4. The highest BCUT2D eigenvalue weighted by atomic mass is 16.2. The molecule has 0 unspecified atom stereocenters. The summed E-state index contributed by atoms with van der Waals surface area (Å²) >= 11 is 0. The van der Waals surface area contributed by atoms with E-state index in [0.717, 1.165) is 45.0 Å². The van der Waals surface area contributed by atoms with Crippen LogP contribution >= 0.6 is 0 Å². The van der Waals surface area contributed by atoms with E-state index < -0.39 is 0 Å². The van der Waals surface area contributed by atoms with Gasteiger partial charge in [0.1, 0.15) is 5.82 Å². The lowest BCUT2D eigenvalue weighted by molar-refractivity contribution is -0.120. The molecule has 3 heterocycles. The van der Waals surface area contributed by atoms with E-state index in [1.165, 1.54) is 0 Å². The van der Waals surface area contributed by atoms with Crippen LogP contribution < -0.4 is 15.5 Å². The van der Waals surface area contributed by atoms with Crippen molar-refractivity contribution in [2.45, 2.75) is 26.7 Å². The minimum absolute atomic E-state index is 0.0657. The summed E-state index contributed by atoms with van der Waals surface area (Å²) in [6.45, 7) is 10.5. The van der Waals surface area contributed by atoms with Crippen LogP contribution in [-0.2, 0) is 4.79 Å². The van der Waals surface area contributed by atoms with Crippen molar-refractivity contribution in [2.75, 3.05) is 50.7 Å². The fraction of sp³-hybridized carbons (Fsp3) is 0.650. The third-order valence-electron chi connectivity index (χ3n) is 5.19. The number of anilines is 1. The van der Waals surface area contributed by atoms with Gasteiger partial charge >= 0.3 is 0 Å². The highest BCUT2D eigenvalue weighted by Crippen LogP contribution is 2.17. The zero-order chi connectivity index (χ0) is 19.2. The lowest BCUT2D eigenvalue weighted by atomic mass is 10.1. The first-order valence-electron chi connectivity index (χ1n) is 9.99. The minimum atomic E-state index is -0.0657. The summed E-state index contributed by atoms with van der Waals surface area (Å²) < 4.78 is 0. The molecule has 7 nitrogen and oxygen atoms in total. The molecule has 7 heteroatoms. The Morgan fingerprint density at radius 3 is 2.93 bits per heavy atom. The van der Waals surface area contributed by atoms with Gasteiger partial charge in [-0.1, -0.05) is 13.8 Å². The average molecular weight is 374 g/mol. The predicted molar refractivity (Wildman–Crippen MR) is 106 cm³/mol. The van der Waals surface area contributed by atoms with Crippen molar-refractivity contribution in [3.8, 4) is 0 Å². The first-order valence-corrected chi connectivity index (χ1v) is 9.99. The summed E-state index contributed by atoms with van der Waals surface area (Å²) in [7, 11) is 0. The van der Waals surface area contributed by atoms with Crippen LogP contribution in [0.4, 0.5) is 5.82 Å². The Morgan fingerprint density at radius 1 is 1.33 bits per heavy atom. The van der Waals surface area contributed by atoms with Gasteiger partial charge in [-0.05, 0) is 36.9 Å². The molecular formula is C20H31N5O2. The Balaban J connectivity index is 1.47. The summed E-state index contributed by atoms with van der Waals surface area (Å²) in [4.78, 5) is 32.8. The second kappa shape index (κ2) is 9.17. The van der Waals surface area contributed by atoms with Crippen LogP contribution in [0.25, 0.3) is 0 Å². The van der Waals surface area contributed by atoms with Gasteiger partial charge in [-0.25, -0.2) is 4.98 Å². The van der Waals surface area contributed by atoms with Gasteiger partial charge in [-0.15, -0.1) is 0 Å². The Hall–Kier alpha value is -2.15. The van der Waals surface area contributed by atoms with Gasteiger partial charge in [0.2, 0.25) is 5.91 Å². The summed E-state index contributed by atoms with van der Waals surface area (Å²) in [6.07, 6.45) is 3.25. The number of amides is 2. The Morgan fingerprint density at radius 2 is 2.19 bits per heavy atom. The summed E-state index contributed by atoms with van der Waals surface area (Å²) in [6, 6.07) is 3.68. The number of nitrogens with one attached hydrogen (secondary N) is 2. The molecule has 1 aromatic rings. The van der Waals surface area contributed by atoms with E-state index in [1.807, 2.05) is 12.1 Å². The zero-order valence-corrected chi connectivity index (χ0v) is 16.4. The molecule has 2 aliphatic rings. The van der Waals surface area contributed by atoms with E-state index >= 15 is 0 Å². The number of rotatable bonds is 6. The lowest BCUT2D eigenvalue weighted by Gasteiger charge is -2.20. The molecule has 2 saturated heterocycles. The standard InChI is InChI=1S/C20H31N5O2/c1-15(2)13-24-8-5-16(14-24)11-23-20(27)17-3-4-18(22-12-17)25-9-6-19(26)21-7-10-25/h3-4,12,15-16H,5-11,13-14H2,1-2H3,(H,21,26)(H,23,27)/t16-/m1/s1. The van der Waals surface area contributed by atoms with E-state index in [4.69, 9.17) is 0 Å². The molecule has 1 atom stereocenters. The second-order valence-electron chi connectivity index (χ2n) is 8.01. The Labute approximate surface area is 161 Å². The maximum absolute atomic E-state index is 12.4. The van der Waals surface area contributed by atoms with E-state index in [9.17, 15) is 9.59 Å². The van der Waals surface area contributed by atoms with Crippen LogP contribution in [-0.4, -0.2) is 67.5 Å². The first-order chi connectivity index (χ1) is 13.0. The Bertz CT molecular complexity index is 646. The summed E-state index contributed by atoms with van der Waals surface area (Å²) in [5.74, 6) is 2.03. The molecule has 0 radical (unpaired) electrons.